The Morgan fingerprint density at radius 2 is 0.905 bits per heavy atom. The summed E-state index contributed by atoms with van der Waals surface area (Å²) in [7, 11) is 0. The van der Waals surface area contributed by atoms with Crippen LogP contribution in [0.3, 0.4) is 0 Å². The predicted octanol–water partition coefficient (Wildman–Crippen LogP) is 15.1. The Labute approximate surface area is 361 Å². The highest BCUT2D eigenvalue weighted by Crippen LogP contribution is 2.43. The van der Waals surface area contributed by atoms with Gasteiger partial charge in [0.15, 0.2) is 17.5 Å². The molecule has 0 saturated heterocycles. The smallest absolute Gasteiger partial charge is 0.164 e. The molecule has 0 bridgehead atoms. The zero-order chi connectivity index (χ0) is 41.4. The van der Waals surface area contributed by atoms with Gasteiger partial charge in [-0.3, -0.25) is 0 Å². The predicted molar refractivity (Wildman–Crippen MR) is 256 cm³/mol. The average Bonchev–Trinajstić information content (AvgIpc) is 4.04. The normalized spacial score (nSPS) is 11.8. The number of benzene rings is 9. The number of nitrogens with zero attached hydrogens (tertiary/aromatic N) is 4. The third-order valence-corrected chi connectivity index (χ3v) is 12.3. The van der Waals surface area contributed by atoms with Crippen molar-refractivity contribution in [3.63, 3.8) is 0 Å². The lowest BCUT2D eigenvalue weighted by atomic mass is 9.98. The van der Waals surface area contributed by atoms with E-state index in [1.165, 1.54) is 16.3 Å². The van der Waals surface area contributed by atoms with Gasteiger partial charge in [0, 0.05) is 60.3 Å². The molecule has 0 saturated carbocycles. The highest BCUT2D eigenvalue weighted by Gasteiger charge is 2.21. The first-order valence-electron chi connectivity index (χ1n) is 21.1. The first-order valence-corrected chi connectivity index (χ1v) is 21.1. The third-order valence-electron chi connectivity index (χ3n) is 12.3. The molecule has 63 heavy (non-hydrogen) atoms. The van der Waals surface area contributed by atoms with Crippen LogP contribution >= 0.6 is 0 Å². The van der Waals surface area contributed by atoms with Crippen molar-refractivity contribution < 1.29 is 8.83 Å². The first kappa shape index (κ1) is 35.2. The molecule has 0 atom stereocenters. The van der Waals surface area contributed by atoms with E-state index >= 15 is 0 Å². The van der Waals surface area contributed by atoms with Crippen LogP contribution < -0.4 is 0 Å². The molecule has 0 spiro atoms. The Morgan fingerprint density at radius 1 is 0.317 bits per heavy atom. The summed E-state index contributed by atoms with van der Waals surface area (Å²) in [5.41, 5.74) is 13.7. The van der Waals surface area contributed by atoms with Crippen molar-refractivity contribution in [2.24, 2.45) is 0 Å². The summed E-state index contributed by atoms with van der Waals surface area (Å²) in [5.74, 6) is 1.69. The summed E-state index contributed by atoms with van der Waals surface area (Å²) < 4.78 is 15.5. The van der Waals surface area contributed by atoms with E-state index in [9.17, 15) is 0 Å². The molecule has 0 aliphatic heterocycles. The lowest BCUT2D eigenvalue weighted by molar-refractivity contribution is 0.668. The Hall–Kier alpha value is -8.61. The Kier molecular flexibility index (Phi) is 7.80. The van der Waals surface area contributed by atoms with Crippen LogP contribution in [0, 0.1) is 0 Å². The molecule has 9 aromatic carbocycles. The summed E-state index contributed by atoms with van der Waals surface area (Å²) >= 11 is 0. The van der Waals surface area contributed by atoms with E-state index in [0.29, 0.717) is 17.5 Å². The molecule has 13 rings (SSSR count). The van der Waals surface area contributed by atoms with Gasteiger partial charge in [-0.05, 0) is 71.3 Å². The molecule has 6 nitrogen and oxygen atoms in total. The highest BCUT2D eigenvalue weighted by molar-refractivity contribution is 6.17. The molecule has 0 aliphatic rings. The number of para-hydroxylation sites is 3. The van der Waals surface area contributed by atoms with Crippen LogP contribution in [0.15, 0.2) is 215 Å². The van der Waals surface area contributed by atoms with Crippen LogP contribution in [0.5, 0.6) is 0 Å². The molecule has 13 aromatic rings. The molecule has 0 fully saturated rings. The van der Waals surface area contributed by atoms with Gasteiger partial charge in [0.25, 0.3) is 0 Å². The van der Waals surface area contributed by atoms with Gasteiger partial charge in [-0.15, -0.1) is 0 Å². The second kappa shape index (κ2) is 14.0. The minimum Gasteiger partial charge on any atom is -0.456 e. The van der Waals surface area contributed by atoms with Crippen LogP contribution in [0.1, 0.15) is 0 Å². The second-order valence-electron chi connectivity index (χ2n) is 15.9. The SMILES string of the molecule is c1ccc(-c2nc(-c3ccc4c(c3)oc3cccc(-c5ccccc5)c34)nc(-c3cccc4oc5ccc(-c6cccc7c8ccccc8n(-c8ccccc8)c67)cc5c34)n2)cc1. The molecular weight excluding hydrogens is 773 g/mol. The van der Waals surface area contributed by atoms with Gasteiger partial charge in [-0.1, -0.05) is 152 Å². The largest absolute Gasteiger partial charge is 0.456 e. The van der Waals surface area contributed by atoms with Crippen molar-refractivity contribution in [3.05, 3.63) is 206 Å². The molecule has 294 valence electrons. The molecule has 0 radical (unpaired) electrons. The van der Waals surface area contributed by atoms with Crippen LogP contribution in [0.4, 0.5) is 0 Å². The van der Waals surface area contributed by atoms with Gasteiger partial charge in [-0.2, -0.15) is 0 Å². The van der Waals surface area contributed by atoms with E-state index in [0.717, 1.165) is 94.0 Å². The zero-order valence-corrected chi connectivity index (χ0v) is 33.7. The van der Waals surface area contributed by atoms with E-state index in [4.69, 9.17) is 23.8 Å². The summed E-state index contributed by atoms with van der Waals surface area (Å²) in [6, 6.07) is 71.5. The van der Waals surface area contributed by atoms with Crippen molar-refractivity contribution in [1.82, 2.24) is 19.5 Å². The van der Waals surface area contributed by atoms with Crippen LogP contribution in [-0.2, 0) is 0 Å². The van der Waals surface area contributed by atoms with E-state index in [2.05, 4.69) is 144 Å². The van der Waals surface area contributed by atoms with E-state index in [1.807, 2.05) is 66.7 Å². The maximum Gasteiger partial charge on any atom is 0.164 e. The van der Waals surface area contributed by atoms with Crippen molar-refractivity contribution in [2.45, 2.75) is 0 Å². The standard InChI is InChI=1S/C57H34N4O2/c1-4-15-35(16-5-1)40-22-13-27-49-52(40)44-31-29-38(34-51(44)63-49)56-58-55(36-17-6-2-7-18-36)59-57(60-56)45-25-14-28-50-53(45)46-33-37(30-32-48(46)62-50)41-23-12-24-43-42-21-10-11-26-47(42)61(54(41)43)39-19-8-3-9-20-39/h1-34H. The summed E-state index contributed by atoms with van der Waals surface area (Å²) in [6.07, 6.45) is 0. The van der Waals surface area contributed by atoms with Gasteiger partial charge in [0.05, 0.1) is 11.0 Å². The van der Waals surface area contributed by atoms with E-state index < -0.39 is 0 Å². The Bertz CT molecular complexity index is 3900. The van der Waals surface area contributed by atoms with Gasteiger partial charge >= 0.3 is 0 Å². The number of hydrogen-bond donors (Lipinski definition) is 0. The monoisotopic (exact) mass is 806 g/mol. The zero-order valence-electron chi connectivity index (χ0n) is 33.7. The highest BCUT2D eigenvalue weighted by atomic mass is 16.3. The number of hydrogen-bond acceptors (Lipinski definition) is 5. The maximum absolute atomic E-state index is 6.59. The number of aromatic nitrogens is 4. The quantitative estimate of drug-likeness (QED) is 0.167. The lowest BCUT2D eigenvalue weighted by Gasteiger charge is -2.12. The molecule has 6 heteroatoms. The Morgan fingerprint density at radius 3 is 1.70 bits per heavy atom. The Balaban J connectivity index is 1.00. The molecule has 0 amide bonds. The average molecular weight is 807 g/mol. The maximum atomic E-state index is 6.59. The van der Waals surface area contributed by atoms with Crippen molar-refractivity contribution in [2.75, 3.05) is 0 Å². The topological polar surface area (TPSA) is 69.9 Å². The van der Waals surface area contributed by atoms with Crippen LogP contribution in [0.25, 0.3) is 128 Å². The lowest BCUT2D eigenvalue weighted by Crippen LogP contribution is -2.00. The molecular formula is C57H34N4O2. The fraction of sp³-hybridized carbons (Fsp3) is 0. The summed E-state index contributed by atoms with van der Waals surface area (Å²) in [4.78, 5) is 15.5. The first-order chi connectivity index (χ1) is 31.2. The summed E-state index contributed by atoms with van der Waals surface area (Å²) in [5, 5.41) is 6.47. The van der Waals surface area contributed by atoms with Gasteiger partial charge < -0.3 is 13.4 Å². The van der Waals surface area contributed by atoms with Gasteiger partial charge in [0.2, 0.25) is 0 Å². The van der Waals surface area contributed by atoms with Crippen molar-refractivity contribution in [1.29, 1.82) is 0 Å². The minimum absolute atomic E-state index is 0.551. The molecule has 4 aromatic heterocycles. The van der Waals surface area contributed by atoms with E-state index in [-0.39, 0.29) is 0 Å². The summed E-state index contributed by atoms with van der Waals surface area (Å²) in [6.45, 7) is 0. The molecule has 4 heterocycles. The fourth-order valence-corrected chi connectivity index (χ4v) is 9.44. The third kappa shape index (κ3) is 5.62. The number of rotatable bonds is 6. The van der Waals surface area contributed by atoms with Crippen molar-refractivity contribution >= 4 is 65.7 Å². The minimum atomic E-state index is 0.551. The van der Waals surface area contributed by atoms with Gasteiger partial charge in [0.1, 0.15) is 22.3 Å². The van der Waals surface area contributed by atoms with Crippen molar-refractivity contribution in [3.8, 4) is 62.1 Å². The number of furan rings is 2. The fourth-order valence-electron chi connectivity index (χ4n) is 9.44. The molecule has 0 aliphatic carbocycles. The number of fused-ring (bicyclic) bond motifs is 9. The molecule has 0 unspecified atom stereocenters. The van der Waals surface area contributed by atoms with E-state index in [1.54, 1.807) is 0 Å². The van der Waals surface area contributed by atoms with Crippen LogP contribution in [0.2, 0.25) is 0 Å². The molecule has 0 N–H and O–H groups in total. The van der Waals surface area contributed by atoms with Gasteiger partial charge in [-0.25, -0.2) is 15.0 Å². The van der Waals surface area contributed by atoms with Crippen LogP contribution in [-0.4, -0.2) is 19.5 Å². The second-order valence-corrected chi connectivity index (χ2v) is 15.9.